The van der Waals surface area contributed by atoms with Crippen molar-refractivity contribution in [3.8, 4) is 0 Å². The summed E-state index contributed by atoms with van der Waals surface area (Å²) in [4.78, 5) is 13.5. The van der Waals surface area contributed by atoms with Crippen LogP contribution in [0.1, 0.15) is 27.2 Å². The lowest BCUT2D eigenvalue weighted by atomic mass is 10.3. The van der Waals surface area contributed by atoms with Crippen molar-refractivity contribution < 1.29 is 9.53 Å². The third-order valence-corrected chi connectivity index (χ3v) is 4.07. The summed E-state index contributed by atoms with van der Waals surface area (Å²) >= 11 is 6.74. The number of ether oxygens (including phenoxy) is 1. The lowest BCUT2D eigenvalue weighted by molar-refractivity contribution is -0.140. The number of hydrogen-bond donors (Lipinski definition) is 0. The molecule has 0 radical (unpaired) electrons. The van der Waals surface area contributed by atoms with Gasteiger partial charge in [-0.15, -0.1) is 0 Å². The van der Waals surface area contributed by atoms with E-state index in [-0.39, 0.29) is 17.3 Å². The van der Waals surface area contributed by atoms with Crippen LogP contribution in [0.5, 0.6) is 0 Å². The van der Waals surface area contributed by atoms with Crippen LogP contribution in [0, 0.1) is 0 Å². The number of carbonyl (C=O) groups is 1. The highest BCUT2D eigenvalue weighted by Crippen LogP contribution is 2.28. The lowest BCUT2D eigenvalue weighted by Gasteiger charge is -2.21. The van der Waals surface area contributed by atoms with Crippen molar-refractivity contribution in [2.45, 2.75) is 38.5 Å². The van der Waals surface area contributed by atoms with Gasteiger partial charge < -0.3 is 9.64 Å². The first kappa shape index (κ1) is 12.8. The van der Waals surface area contributed by atoms with Crippen LogP contribution in [0.25, 0.3) is 0 Å². The van der Waals surface area contributed by atoms with Crippen molar-refractivity contribution in [2.24, 2.45) is 0 Å². The van der Waals surface area contributed by atoms with Crippen LogP contribution in [0.3, 0.4) is 0 Å². The molecule has 2 atom stereocenters. The van der Waals surface area contributed by atoms with Crippen LogP contribution in [0.4, 0.5) is 0 Å². The Morgan fingerprint density at radius 2 is 2.20 bits per heavy atom. The quantitative estimate of drug-likeness (QED) is 0.562. The number of esters is 1. The molecule has 5 heteroatoms. The van der Waals surface area contributed by atoms with Gasteiger partial charge in [-0.3, -0.25) is 4.79 Å². The minimum Gasteiger partial charge on any atom is -0.462 e. The van der Waals surface area contributed by atoms with E-state index in [4.69, 9.17) is 17.0 Å². The second-order valence-electron chi connectivity index (χ2n) is 3.53. The second kappa shape index (κ2) is 5.70. The Morgan fingerprint density at radius 3 is 2.60 bits per heavy atom. The summed E-state index contributed by atoms with van der Waals surface area (Å²) in [6, 6.07) is 0. The molecule has 0 aliphatic carbocycles. The van der Waals surface area contributed by atoms with E-state index in [2.05, 4.69) is 18.7 Å². The fourth-order valence-electron chi connectivity index (χ4n) is 1.49. The number of rotatable bonds is 3. The molecule has 0 aromatic rings. The molecule has 0 aromatic heterocycles. The summed E-state index contributed by atoms with van der Waals surface area (Å²) < 4.78 is 5.89. The highest BCUT2D eigenvalue weighted by atomic mass is 32.2. The largest absolute Gasteiger partial charge is 0.462 e. The molecule has 0 N–H and O–H groups in total. The Kier molecular flexibility index (Phi) is 4.86. The number of nitrogens with zero attached hydrogens (tertiary/aromatic N) is 1. The van der Waals surface area contributed by atoms with E-state index < -0.39 is 0 Å². The van der Waals surface area contributed by atoms with Crippen molar-refractivity contribution in [3.63, 3.8) is 0 Å². The predicted octanol–water partition coefficient (Wildman–Crippen LogP) is 2.05. The summed E-state index contributed by atoms with van der Waals surface area (Å²) in [7, 11) is 0. The molecular weight excluding hydrogens is 230 g/mol. The van der Waals surface area contributed by atoms with Crippen molar-refractivity contribution in [2.75, 3.05) is 13.1 Å². The van der Waals surface area contributed by atoms with Crippen LogP contribution in [-0.2, 0) is 9.53 Å². The van der Waals surface area contributed by atoms with Crippen LogP contribution in [0.2, 0.25) is 0 Å². The van der Waals surface area contributed by atoms with Crippen molar-refractivity contribution >= 4 is 34.3 Å². The molecule has 0 aromatic carbocycles. The maximum absolute atomic E-state index is 11.4. The summed E-state index contributed by atoms with van der Waals surface area (Å²) in [5, 5.41) is -0.104. The van der Waals surface area contributed by atoms with E-state index in [9.17, 15) is 4.79 Å². The minimum atomic E-state index is -0.123. The van der Waals surface area contributed by atoms with Gasteiger partial charge in [0, 0.05) is 19.5 Å². The van der Waals surface area contributed by atoms with Crippen molar-refractivity contribution in [1.29, 1.82) is 0 Å². The SMILES string of the molecule is CCN(CC)C(=S)S[C@H]1C[C@H](C)OC1=O. The molecule has 0 amide bonds. The lowest BCUT2D eigenvalue weighted by Crippen LogP contribution is -2.29. The second-order valence-corrected chi connectivity index (χ2v) is 5.36. The van der Waals surface area contributed by atoms with Crippen molar-refractivity contribution in [3.05, 3.63) is 0 Å². The first-order valence-electron chi connectivity index (χ1n) is 5.24. The van der Waals surface area contributed by atoms with Gasteiger partial charge in [-0.1, -0.05) is 24.0 Å². The highest BCUT2D eigenvalue weighted by molar-refractivity contribution is 8.23. The Labute approximate surface area is 101 Å². The van der Waals surface area contributed by atoms with Gasteiger partial charge in [-0.05, 0) is 20.8 Å². The maximum Gasteiger partial charge on any atom is 0.319 e. The first-order chi connectivity index (χ1) is 7.08. The molecule has 0 unspecified atom stereocenters. The van der Waals surface area contributed by atoms with E-state index in [1.165, 1.54) is 11.8 Å². The van der Waals surface area contributed by atoms with Gasteiger partial charge in [0.25, 0.3) is 0 Å². The molecule has 3 nitrogen and oxygen atoms in total. The number of cyclic esters (lactones) is 1. The van der Waals surface area contributed by atoms with Gasteiger partial charge in [0.15, 0.2) is 0 Å². The van der Waals surface area contributed by atoms with E-state index in [0.29, 0.717) is 0 Å². The van der Waals surface area contributed by atoms with Gasteiger partial charge in [0.05, 0.1) is 0 Å². The summed E-state index contributed by atoms with van der Waals surface area (Å²) in [6.07, 6.45) is 0.805. The van der Waals surface area contributed by atoms with Gasteiger partial charge in [-0.2, -0.15) is 0 Å². The molecule has 1 aliphatic rings. The average Bonchev–Trinajstić information content (AvgIpc) is 2.47. The summed E-state index contributed by atoms with van der Waals surface area (Å²) in [5.74, 6) is -0.123. The molecule has 1 aliphatic heterocycles. The van der Waals surface area contributed by atoms with Crippen LogP contribution in [-0.4, -0.2) is 39.6 Å². The van der Waals surface area contributed by atoms with Crippen LogP contribution in [0.15, 0.2) is 0 Å². The standard InChI is InChI=1S/C10H17NO2S2/c1-4-11(5-2)10(14)15-8-6-7(3)13-9(8)12/h7-8H,4-6H2,1-3H3/t7-,8-/m0/s1. The molecule has 0 bridgehead atoms. The zero-order chi connectivity index (χ0) is 11.4. The van der Waals surface area contributed by atoms with Crippen LogP contribution >= 0.6 is 24.0 Å². The monoisotopic (exact) mass is 247 g/mol. The highest BCUT2D eigenvalue weighted by Gasteiger charge is 2.33. The Morgan fingerprint density at radius 1 is 1.60 bits per heavy atom. The minimum absolute atomic E-state index is 0.0366. The average molecular weight is 247 g/mol. The Balaban J connectivity index is 2.47. The number of thioether (sulfide) groups is 1. The van der Waals surface area contributed by atoms with E-state index >= 15 is 0 Å². The van der Waals surface area contributed by atoms with E-state index in [1.54, 1.807) is 0 Å². The van der Waals surface area contributed by atoms with Crippen LogP contribution < -0.4 is 0 Å². The van der Waals surface area contributed by atoms with E-state index in [0.717, 1.165) is 23.8 Å². The molecule has 86 valence electrons. The Hall–Kier alpha value is -0.290. The van der Waals surface area contributed by atoms with Gasteiger partial charge in [0.2, 0.25) is 0 Å². The van der Waals surface area contributed by atoms with Gasteiger partial charge >= 0.3 is 5.97 Å². The fraction of sp³-hybridized carbons (Fsp3) is 0.800. The third kappa shape index (κ3) is 3.34. The molecule has 0 spiro atoms. The Bertz CT molecular complexity index is 254. The van der Waals surface area contributed by atoms with E-state index in [1.807, 2.05) is 6.92 Å². The van der Waals surface area contributed by atoms with Gasteiger partial charge in [0.1, 0.15) is 15.7 Å². The molecular formula is C10H17NO2S2. The fourth-order valence-corrected chi connectivity index (χ4v) is 3.27. The summed E-state index contributed by atoms with van der Waals surface area (Å²) in [6.45, 7) is 7.82. The zero-order valence-electron chi connectivity index (χ0n) is 9.36. The zero-order valence-corrected chi connectivity index (χ0v) is 11.0. The number of hydrogen-bond acceptors (Lipinski definition) is 4. The van der Waals surface area contributed by atoms with Crippen molar-refractivity contribution in [1.82, 2.24) is 4.90 Å². The molecule has 1 saturated heterocycles. The maximum atomic E-state index is 11.4. The number of thiocarbonyl (C=S) groups is 1. The first-order valence-corrected chi connectivity index (χ1v) is 6.53. The van der Waals surface area contributed by atoms with Gasteiger partial charge in [-0.25, -0.2) is 0 Å². The summed E-state index contributed by atoms with van der Waals surface area (Å²) in [5.41, 5.74) is 0. The molecule has 1 fully saturated rings. The molecule has 1 rings (SSSR count). The topological polar surface area (TPSA) is 29.5 Å². The number of carbonyl (C=O) groups excluding carboxylic acids is 1. The third-order valence-electron chi connectivity index (χ3n) is 2.39. The smallest absolute Gasteiger partial charge is 0.319 e. The molecule has 1 heterocycles. The molecule has 0 saturated carbocycles. The molecule has 15 heavy (non-hydrogen) atoms. The normalized spacial score (nSPS) is 25.1. The predicted molar refractivity (Wildman–Crippen MR) is 67.1 cm³/mol.